The maximum absolute atomic E-state index is 11.7. The first-order valence-corrected chi connectivity index (χ1v) is 7.22. The summed E-state index contributed by atoms with van der Waals surface area (Å²) in [6.45, 7) is 11.6. The lowest BCUT2D eigenvalue weighted by atomic mass is 9.85. The molecule has 112 valence electrons. The molecular weight excluding hydrogens is 242 g/mol. The first-order valence-electron chi connectivity index (χ1n) is 7.22. The van der Waals surface area contributed by atoms with Crippen LogP contribution in [0.4, 0.5) is 0 Å². The predicted molar refractivity (Wildman–Crippen MR) is 76.9 cm³/mol. The molecule has 1 rings (SSSR count). The van der Waals surface area contributed by atoms with E-state index in [1.807, 2.05) is 0 Å². The molecule has 0 aromatic rings. The number of hydrogen-bond acceptors (Lipinski definition) is 4. The van der Waals surface area contributed by atoms with Crippen molar-refractivity contribution in [3.05, 3.63) is 0 Å². The van der Waals surface area contributed by atoms with Gasteiger partial charge in [0, 0.05) is 32.1 Å². The van der Waals surface area contributed by atoms with E-state index < -0.39 is 0 Å². The van der Waals surface area contributed by atoms with Crippen molar-refractivity contribution >= 4 is 5.91 Å². The lowest BCUT2D eigenvalue weighted by Crippen LogP contribution is -2.41. The van der Waals surface area contributed by atoms with Crippen molar-refractivity contribution in [1.82, 2.24) is 10.2 Å². The van der Waals surface area contributed by atoms with Gasteiger partial charge in [-0.05, 0) is 18.4 Å². The van der Waals surface area contributed by atoms with Crippen LogP contribution in [-0.4, -0.2) is 56.2 Å². The van der Waals surface area contributed by atoms with Gasteiger partial charge in [-0.25, -0.2) is 0 Å². The van der Waals surface area contributed by atoms with Crippen LogP contribution in [0.1, 0.15) is 33.6 Å². The van der Waals surface area contributed by atoms with E-state index in [-0.39, 0.29) is 17.4 Å². The van der Waals surface area contributed by atoms with Gasteiger partial charge in [-0.15, -0.1) is 0 Å². The van der Waals surface area contributed by atoms with Crippen LogP contribution in [0.5, 0.6) is 0 Å². The highest BCUT2D eigenvalue weighted by Crippen LogP contribution is 2.19. The Morgan fingerprint density at radius 3 is 2.58 bits per heavy atom. The zero-order valence-corrected chi connectivity index (χ0v) is 12.6. The van der Waals surface area contributed by atoms with Gasteiger partial charge in [0.05, 0.1) is 13.2 Å². The Hall–Kier alpha value is -0.650. The minimum absolute atomic E-state index is 0.0227. The van der Waals surface area contributed by atoms with Gasteiger partial charge in [0.25, 0.3) is 0 Å². The van der Waals surface area contributed by atoms with Crippen LogP contribution in [-0.2, 0) is 9.53 Å². The second kappa shape index (κ2) is 7.82. The smallest absolute Gasteiger partial charge is 0.221 e. The molecule has 1 fully saturated rings. The van der Waals surface area contributed by atoms with Crippen molar-refractivity contribution < 1.29 is 9.53 Å². The molecule has 1 saturated heterocycles. The van der Waals surface area contributed by atoms with Gasteiger partial charge in [0.1, 0.15) is 0 Å². The average Bonchev–Trinajstić information content (AvgIpc) is 2.35. The molecule has 0 bridgehead atoms. The number of nitrogens with zero attached hydrogens (tertiary/aromatic N) is 1. The first-order chi connectivity index (χ1) is 8.89. The molecule has 0 radical (unpaired) electrons. The zero-order chi connectivity index (χ0) is 14.3. The number of carbonyl (C=O) groups is 1. The van der Waals surface area contributed by atoms with Crippen molar-refractivity contribution in [2.75, 3.05) is 39.4 Å². The molecule has 0 saturated carbocycles. The SMILES string of the molecule is CC(C)(C)C(N)CC(=O)NCCCN1CCOCC1. The molecule has 1 unspecified atom stereocenters. The molecule has 0 aliphatic carbocycles. The van der Waals surface area contributed by atoms with Crippen LogP contribution >= 0.6 is 0 Å². The van der Waals surface area contributed by atoms with E-state index in [0.717, 1.165) is 45.8 Å². The van der Waals surface area contributed by atoms with Gasteiger partial charge >= 0.3 is 0 Å². The van der Waals surface area contributed by atoms with Crippen LogP contribution in [0, 0.1) is 5.41 Å². The summed E-state index contributed by atoms with van der Waals surface area (Å²) in [5.74, 6) is 0.0596. The van der Waals surface area contributed by atoms with Gasteiger partial charge in [-0.1, -0.05) is 20.8 Å². The van der Waals surface area contributed by atoms with E-state index in [0.29, 0.717) is 6.42 Å². The van der Waals surface area contributed by atoms with Gasteiger partial charge in [0.15, 0.2) is 0 Å². The largest absolute Gasteiger partial charge is 0.379 e. The van der Waals surface area contributed by atoms with E-state index in [2.05, 4.69) is 31.0 Å². The molecule has 19 heavy (non-hydrogen) atoms. The second-order valence-electron chi connectivity index (χ2n) is 6.33. The minimum Gasteiger partial charge on any atom is -0.379 e. The summed E-state index contributed by atoms with van der Waals surface area (Å²) in [6.07, 6.45) is 1.39. The van der Waals surface area contributed by atoms with Crippen LogP contribution in [0.15, 0.2) is 0 Å². The molecule has 1 aliphatic heterocycles. The molecule has 1 aliphatic rings. The van der Waals surface area contributed by atoms with E-state index in [9.17, 15) is 4.79 Å². The van der Waals surface area contributed by atoms with Crippen molar-refractivity contribution in [3.8, 4) is 0 Å². The predicted octanol–water partition coefficient (Wildman–Crippen LogP) is 0.588. The molecule has 1 heterocycles. The van der Waals surface area contributed by atoms with E-state index in [1.165, 1.54) is 0 Å². The number of ether oxygens (including phenoxy) is 1. The quantitative estimate of drug-likeness (QED) is 0.694. The standard InChI is InChI=1S/C14H29N3O2/c1-14(2,3)12(15)11-13(18)16-5-4-6-17-7-9-19-10-8-17/h12H,4-11,15H2,1-3H3,(H,16,18). The molecule has 5 heteroatoms. The van der Waals surface area contributed by atoms with Crippen LogP contribution in [0.2, 0.25) is 0 Å². The molecular formula is C14H29N3O2. The molecule has 3 N–H and O–H groups in total. The van der Waals surface area contributed by atoms with Crippen LogP contribution < -0.4 is 11.1 Å². The summed E-state index contributed by atoms with van der Waals surface area (Å²) in [5.41, 5.74) is 5.97. The third-order valence-corrected chi connectivity index (χ3v) is 3.59. The molecule has 0 aromatic carbocycles. The Morgan fingerprint density at radius 1 is 1.37 bits per heavy atom. The number of nitrogens with two attached hydrogens (primary N) is 1. The van der Waals surface area contributed by atoms with Crippen LogP contribution in [0.25, 0.3) is 0 Å². The van der Waals surface area contributed by atoms with Gasteiger partial charge < -0.3 is 15.8 Å². The fourth-order valence-electron chi connectivity index (χ4n) is 1.93. The highest BCUT2D eigenvalue weighted by molar-refractivity contribution is 5.76. The molecule has 0 spiro atoms. The summed E-state index contributed by atoms with van der Waals surface area (Å²) >= 11 is 0. The Labute approximate surface area is 116 Å². The number of rotatable bonds is 6. The highest BCUT2D eigenvalue weighted by Gasteiger charge is 2.22. The first kappa shape index (κ1) is 16.4. The molecule has 5 nitrogen and oxygen atoms in total. The van der Waals surface area contributed by atoms with E-state index >= 15 is 0 Å². The topological polar surface area (TPSA) is 67.6 Å². The van der Waals surface area contributed by atoms with Crippen LogP contribution in [0.3, 0.4) is 0 Å². The van der Waals surface area contributed by atoms with Gasteiger partial charge in [-0.3, -0.25) is 9.69 Å². The Bertz CT molecular complexity index is 270. The average molecular weight is 271 g/mol. The van der Waals surface area contributed by atoms with Gasteiger partial charge in [0.2, 0.25) is 5.91 Å². The number of morpholine rings is 1. The fourth-order valence-corrected chi connectivity index (χ4v) is 1.93. The minimum atomic E-state index is -0.0910. The normalized spacial score (nSPS) is 19.2. The summed E-state index contributed by atoms with van der Waals surface area (Å²) in [6, 6.07) is -0.0910. The summed E-state index contributed by atoms with van der Waals surface area (Å²) in [5, 5.41) is 2.95. The third kappa shape index (κ3) is 6.89. The van der Waals surface area contributed by atoms with Crippen molar-refractivity contribution in [1.29, 1.82) is 0 Å². The molecule has 1 atom stereocenters. The summed E-state index contributed by atoms with van der Waals surface area (Å²) in [7, 11) is 0. The summed E-state index contributed by atoms with van der Waals surface area (Å²) in [4.78, 5) is 14.1. The molecule has 1 amide bonds. The summed E-state index contributed by atoms with van der Waals surface area (Å²) < 4.78 is 5.29. The van der Waals surface area contributed by atoms with Gasteiger partial charge in [-0.2, -0.15) is 0 Å². The second-order valence-corrected chi connectivity index (χ2v) is 6.33. The third-order valence-electron chi connectivity index (χ3n) is 3.59. The maximum Gasteiger partial charge on any atom is 0.221 e. The highest BCUT2D eigenvalue weighted by atomic mass is 16.5. The van der Waals surface area contributed by atoms with Crippen molar-refractivity contribution in [2.24, 2.45) is 11.1 Å². The van der Waals surface area contributed by atoms with Crippen molar-refractivity contribution in [2.45, 2.75) is 39.7 Å². The molecule has 0 aromatic heterocycles. The lowest BCUT2D eigenvalue weighted by Gasteiger charge is -2.27. The zero-order valence-electron chi connectivity index (χ0n) is 12.6. The fraction of sp³-hybridized carbons (Fsp3) is 0.929. The maximum atomic E-state index is 11.7. The Kier molecular flexibility index (Phi) is 6.75. The lowest BCUT2D eigenvalue weighted by molar-refractivity contribution is -0.121. The number of amides is 1. The Balaban J connectivity index is 2.07. The Morgan fingerprint density at radius 2 is 2.00 bits per heavy atom. The number of hydrogen-bond donors (Lipinski definition) is 2. The van der Waals surface area contributed by atoms with E-state index in [1.54, 1.807) is 0 Å². The van der Waals surface area contributed by atoms with Crippen molar-refractivity contribution in [3.63, 3.8) is 0 Å². The van der Waals surface area contributed by atoms with E-state index in [4.69, 9.17) is 10.5 Å². The number of nitrogens with one attached hydrogen (secondary N) is 1. The number of carbonyl (C=O) groups excluding carboxylic acids is 1. The monoisotopic (exact) mass is 271 g/mol.